The minimum atomic E-state index is -0.867. The summed E-state index contributed by atoms with van der Waals surface area (Å²) in [5.74, 6) is -0.867. The average Bonchev–Trinajstić information content (AvgIpc) is 2.33. The number of urea groups is 1. The van der Waals surface area contributed by atoms with E-state index in [9.17, 15) is 9.59 Å². The van der Waals surface area contributed by atoms with Gasteiger partial charge in [0.2, 0.25) is 0 Å². The molecule has 0 bridgehead atoms. The van der Waals surface area contributed by atoms with E-state index in [-0.39, 0.29) is 12.5 Å². The Labute approximate surface area is 110 Å². The van der Waals surface area contributed by atoms with Crippen LogP contribution in [0, 0.1) is 0 Å². The summed E-state index contributed by atoms with van der Waals surface area (Å²) < 4.78 is 0. The van der Waals surface area contributed by atoms with Crippen LogP contribution in [0.3, 0.4) is 0 Å². The number of amides is 2. The molecule has 0 saturated carbocycles. The quantitative estimate of drug-likeness (QED) is 0.692. The SMILES string of the molecule is O=C(O)CCCNC(=O)NCc1ccccc1Cl. The first-order chi connectivity index (χ1) is 8.59. The van der Waals surface area contributed by atoms with Crippen LogP contribution in [0.5, 0.6) is 0 Å². The highest BCUT2D eigenvalue weighted by Gasteiger charge is 2.03. The maximum absolute atomic E-state index is 11.4. The van der Waals surface area contributed by atoms with Crippen LogP contribution >= 0.6 is 11.6 Å². The van der Waals surface area contributed by atoms with Gasteiger partial charge < -0.3 is 15.7 Å². The number of nitrogens with one attached hydrogen (secondary N) is 2. The van der Waals surface area contributed by atoms with Gasteiger partial charge in [-0.15, -0.1) is 0 Å². The van der Waals surface area contributed by atoms with Crippen LogP contribution in [0.25, 0.3) is 0 Å². The maximum atomic E-state index is 11.4. The number of benzene rings is 1. The zero-order chi connectivity index (χ0) is 13.4. The summed E-state index contributed by atoms with van der Waals surface area (Å²) in [6.45, 7) is 0.672. The van der Waals surface area contributed by atoms with Crippen LogP contribution in [0.2, 0.25) is 5.02 Å². The molecule has 1 aromatic rings. The summed E-state index contributed by atoms with van der Waals surface area (Å²) in [7, 11) is 0. The number of carboxylic acid groups (broad SMARTS) is 1. The molecule has 0 aromatic heterocycles. The zero-order valence-corrected chi connectivity index (χ0v) is 10.5. The van der Waals surface area contributed by atoms with Crippen molar-refractivity contribution in [3.05, 3.63) is 34.9 Å². The molecule has 0 aliphatic carbocycles. The number of carbonyl (C=O) groups is 2. The summed E-state index contributed by atoms with van der Waals surface area (Å²) in [5.41, 5.74) is 0.833. The summed E-state index contributed by atoms with van der Waals surface area (Å²) in [6.07, 6.45) is 0.458. The molecule has 0 spiro atoms. The molecule has 0 saturated heterocycles. The minimum Gasteiger partial charge on any atom is -0.481 e. The Balaban J connectivity index is 2.21. The van der Waals surface area contributed by atoms with Crippen molar-refractivity contribution in [3.8, 4) is 0 Å². The molecule has 18 heavy (non-hydrogen) atoms. The van der Waals surface area contributed by atoms with Gasteiger partial charge in [-0.05, 0) is 18.1 Å². The number of hydrogen-bond acceptors (Lipinski definition) is 2. The third kappa shape index (κ3) is 5.54. The number of hydrogen-bond donors (Lipinski definition) is 3. The lowest BCUT2D eigenvalue weighted by molar-refractivity contribution is -0.137. The van der Waals surface area contributed by atoms with Crippen molar-refractivity contribution in [1.29, 1.82) is 0 Å². The Kier molecular flexibility index (Phi) is 6.00. The highest BCUT2D eigenvalue weighted by molar-refractivity contribution is 6.31. The molecule has 0 radical (unpaired) electrons. The maximum Gasteiger partial charge on any atom is 0.315 e. The molecule has 3 N–H and O–H groups in total. The summed E-state index contributed by atoms with van der Waals surface area (Å²) in [6, 6.07) is 6.90. The smallest absolute Gasteiger partial charge is 0.315 e. The van der Waals surface area contributed by atoms with E-state index < -0.39 is 5.97 Å². The van der Waals surface area contributed by atoms with Crippen LogP contribution in [0.4, 0.5) is 4.79 Å². The van der Waals surface area contributed by atoms with Gasteiger partial charge >= 0.3 is 12.0 Å². The van der Waals surface area contributed by atoms with Gasteiger partial charge in [-0.3, -0.25) is 4.79 Å². The second-order valence-corrected chi connectivity index (χ2v) is 4.11. The Bertz CT molecular complexity index is 424. The molecule has 0 aliphatic rings. The van der Waals surface area contributed by atoms with Gasteiger partial charge in [-0.2, -0.15) is 0 Å². The first-order valence-electron chi connectivity index (χ1n) is 5.56. The molecule has 0 aliphatic heterocycles. The Morgan fingerprint density at radius 3 is 2.61 bits per heavy atom. The number of halogens is 1. The Morgan fingerprint density at radius 1 is 1.22 bits per heavy atom. The van der Waals surface area contributed by atoms with Gasteiger partial charge in [-0.25, -0.2) is 4.79 Å². The van der Waals surface area contributed by atoms with Crippen LogP contribution < -0.4 is 10.6 Å². The normalized spacial score (nSPS) is 9.83. The predicted octanol–water partition coefficient (Wildman–Crippen LogP) is 2.00. The lowest BCUT2D eigenvalue weighted by Gasteiger charge is -2.08. The van der Waals surface area contributed by atoms with E-state index >= 15 is 0 Å². The fourth-order valence-corrected chi connectivity index (χ4v) is 1.52. The lowest BCUT2D eigenvalue weighted by atomic mass is 10.2. The molecule has 98 valence electrons. The highest BCUT2D eigenvalue weighted by Crippen LogP contribution is 2.13. The van der Waals surface area contributed by atoms with E-state index in [2.05, 4.69) is 10.6 Å². The van der Waals surface area contributed by atoms with Crippen LogP contribution in [0.15, 0.2) is 24.3 Å². The molecule has 0 atom stereocenters. The van der Waals surface area contributed by atoms with Gasteiger partial charge in [0.05, 0.1) is 0 Å². The van der Waals surface area contributed by atoms with E-state index in [1.807, 2.05) is 18.2 Å². The Hall–Kier alpha value is -1.75. The summed E-state index contributed by atoms with van der Waals surface area (Å²) in [4.78, 5) is 21.6. The third-order valence-corrected chi connectivity index (χ3v) is 2.62. The summed E-state index contributed by atoms with van der Waals surface area (Å²) in [5, 5.41) is 14.2. The number of aliphatic carboxylic acids is 1. The van der Waals surface area contributed by atoms with Crippen molar-refractivity contribution in [2.24, 2.45) is 0 Å². The number of carbonyl (C=O) groups excluding carboxylic acids is 1. The van der Waals surface area contributed by atoms with E-state index in [0.717, 1.165) is 5.56 Å². The van der Waals surface area contributed by atoms with Crippen molar-refractivity contribution >= 4 is 23.6 Å². The second-order valence-electron chi connectivity index (χ2n) is 3.70. The van der Waals surface area contributed by atoms with Crippen molar-refractivity contribution in [2.75, 3.05) is 6.54 Å². The molecule has 1 rings (SSSR count). The van der Waals surface area contributed by atoms with Gasteiger partial charge in [0.1, 0.15) is 0 Å². The van der Waals surface area contributed by atoms with Crippen molar-refractivity contribution in [3.63, 3.8) is 0 Å². The monoisotopic (exact) mass is 270 g/mol. The topological polar surface area (TPSA) is 78.4 Å². The largest absolute Gasteiger partial charge is 0.481 e. The van der Waals surface area contributed by atoms with Crippen LogP contribution in [-0.2, 0) is 11.3 Å². The first-order valence-corrected chi connectivity index (χ1v) is 5.94. The fourth-order valence-electron chi connectivity index (χ4n) is 1.32. The fraction of sp³-hybridized carbons (Fsp3) is 0.333. The molecule has 2 amide bonds. The first kappa shape index (κ1) is 14.3. The van der Waals surface area contributed by atoms with E-state index in [4.69, 9.17) is 16.7 Å². The van der Waals surface area contributed by atoms with Crippen LogP contribution in [0.1, 0.15) is 18.4 Å². The molecule has 5 nitrogen and oxygen atoms in total. The molecule has 6 heteroatoms. The number of carboxylic acids is 1. The van der Waals surface area contributed by atoms with E-state index in [1.165, 1.54) is 0 Å². The average molecular weight is 271 g/mol. The van der Waals surface area contributed by atoms with Crippen molar-refractivity contribution in [1.82, 2.24) is 10.6 Å². The molecule has 0 unspecified atom stereocenters. The molecular weight excluding hydrogens is 256 g/mol. The third-order valence-electron chi connectivity index (χ3n) is 2.25. The summed E-state index contributed by atoms with van der Waals surface area (Å²) >= 11 is 5.93. The number of rotatable bonds is 6. The van der Waals surface area contributed by atoms with Crippen molar-refractivity contribution < 1.29 is 14.7 Å². The highest BCUT2D eigenvalue weighted by atomic mass is 35.5. The van der Waals surface area contributed by atoms with Crippen molar-refractivity contribution in [2.45, 2.75) is 19.4 Å². The minimum absolute atomic E-state index is 0.0464. The van der Waals surface area contributed by atoms with Gasteiger partial charge in [0.15, 0.2) is 0 Å². The van der Waals surface area contributed by atoms with E-state index in [0.29, 0.717) is 24.5 Å². The zero-order valence-electron chi connectivity index (χ0n) is 9.78. The van der Waals surface area contributed by atoms with Gasteiger partial charge in [-0.1, -0.05) is 29.8 Å². The molecule has 0 fully saturated rings. The van der Waals surface area contributed by atoms with E-state index in [1.54, 1.807) is 6.07 Å². The van der Waals surface area contributed by atoms with Gasteiger partial charge in [0, 0.05) is 24.5 Å². The van der Waals surface area contributed by atoms with Gasteiger partial charge in [0.25, 0.3) is 0 Å². The molecule has 0 heterocycles. The molecule has 1 aromatic carbocycles. The lowest BCUT2D eigenvalue weighted by Crippen LogP contribution is -2.35. The predicted molar refractivity (Wildman–Crippen MR) is 68.6 cm³/mol. The van der Waals surface area contributed by atoms with Crippen LogP contribution in [-0.4, -0.2) is 23.7 Å². The molecular formula is C12H15ClN2O3. The second kappa shape index (κ2) is 7.55. The Morgan fingerprint density at radius 2 is 1.94 bits per heavy atom. The standard InChI is InChI=1S/C12H15ClN2O3/c13-10-5-2-1-4-9(10)8-15-12(18)14-7-3-6-11(16)17/h1-2,4-5H,3,6-8H2,(H,16,17)(H2,14,15,18).